The molecule has 8 heteroatoms. The number of ether oxygens (including phenoxy) is 1. The average molecular weight is 438 g/mol. The minimum Gasteiger partial charge on any atom is -0.497 e. The summed E-state index contributed by atoms with van der Waals surface area (Å²) in [7, 11) is 1.58. The lowest BCUT2D eigenvalue weighted by Crippen LogP contribution is -2.24. The monoisotopic (exact) mass is 437 g/mol. The molecule has 0 spiro atoms. The number of anilines is 1. The van der Waals surface area contributed by atoms with Gasteiger partial charge in [-0.05, 0) is 29.1 Å². The largest absolute Gasteiger partial charge is 0.497 e. The number of nitrogens with one attached hydrogen (secondary N) is 1. The van der Waals surface area contributed by atoms with Crippen LogP contribution in [0.5, 0.6) is 5.75 Å². The lowest BCUT2D eigenvalue weighted by atomic mass is 10.2. The Hall–Kier alpha value is -3.10. The van der Waals surface area contributed by atoms with E-state index in [1.54, 1.807) is 23.8 Å². The molecule has 30 heavy (non-hydrogen) atoms. The Labute approximate surface area is 181 Å². The Morgan fingerprint density at radius 2 is 2.00 bits per heavy atom. The topological polar surface area (TPSA) is 73.2 Å². The lowest BCUT2D eigenvalue weighted by molar-refractivity contribution is -0.113. The number of fused-ring (bicyclic) bond motifs is 1. The van der Waals surface area contributed by atoms with Gasteiger partial charge in [-0.1, -0.05) is 48.2 Å². The Kier molecular flexibility index (Phi) is 6.15. The second-order valence-electron chi connectivity index (χ2n) is 6.48. The zero-order valence-corrected chi connectivity index (χ0v) is 17.8. The Morgan fingerprint density at radius 1 is 1.17 bits per heavy atom. The molecule has 4 aromatic rings. The summed E-state index contributed by atoms with van der Waals surface area (Å²) in [5.74, 6) is 0.620. The number of nitrogens with zero attached hydrogens (tertiary/aromatic N) is 2. The van der Waals surface area contributed by atoms with Crippen molar-refractivity contribution in [2.45, 2.75) is 11.7 Å². The number of methoxy groups -OCH3 is 1. The van der Waals surface area contributed by atoms with Crippen LogP contribution in [-0.4, -0.2) is 28.3 Å². The molecule has 0 aliphatic carbocycles. The Balaban J connectivity index is 1.56. The third-order valence-corrected chi connectivity index (χ3v) is 6.27. The van der Waals surface area contributed by atoms with Crippen molar-refractivity contribution in [3.05, 3.63) is 82.0 Å². The summed E-state index contributed by atoms with van der Waals surface area (Å²) < 4.78 is 7.44. The highest BCUT2D eigenvalue weighted by Gasteiger charge is 2.15. The van der Waals surface area contributed by atoms with Crippen molar-refractivity contribution in [2.24, 2.45) is 0 Å². The van der Waals surface area contributed by atoms with E-state index in [0.29, 0.717) is 33.4 Å². The predicted octanol–water partition coefficient (Wildman–Crippen LogP) is 4.25. The normalized spacial score (nSPS) is 10.8. The minimum atomic E-state index is -0.181. The molecule has 0 bridgehead atoms. The quantitative estimate of drug-likeness (QED) is 0.346. The maximum atomic E-state index is 13.0. The number of aromatic nitrogens is 2. The molecule has 0 saturated carbocycles. The zero-order chi connectivity index (χ0) is 20.9. The number of thiophene rings is 1. The Bertz CT molecular complexity index is 1240. The molecule has 0 aliphatic heterocycles. The van der Waals surface area contributed by atoms with Crippen LogP contribution in [0.3, 0.4) is 0 Å². The molecule has 0 atom stereocenters. The van der Waals surface area contributed by atoms with Gasteiger partial charge in [0.1, 0.15) is 10.4 Å². The fraction of sp³-hybridized carbons (Fsp3) is 0.136. The van der Waals surface area contributed by atoms with Gasteiger partial charge in [-0.25, -0.2) is 4.98 Å². The first-order valence-corrected chi connectivity index (χ1v) is 11.1. The third kappa shape index (κ3) is 4.55. The molecule has 1 amide bonds. The molecule has 6 nitrogen and oxygen atoms in total. The van der Waals surface area contributed by atoms with Crippen molar-refractivity contribution in [1.29, 1.82) is 0 Å². The molecule has 2 aromatic carbocycles. The number of amides is 1. The number of carbonyl (C=O) groups is 1. The van der Waals surface area contributed by atoms with Crippen LogP contribution < -0.4 is 15.6 Å². The smallest absolute Gasteiger partial charge is 0.272 e. The van der Waals surface area contributed by atoms with Gasteiger partial charge < -0.3 is 10.1 Å². The van der Waals surface area contributed by atoms with Crippen LogP contribution in [0.2, 0.25) is 0 Å². The molecule has 0 aliphatic rings. The summed E-state index contributed by atoms with van der Waals surface area (Å²) >= 11 is 2.63. The number of hydrogen-bond acceptors (Lipinski definition) is 6. The van der Waals surface area contributed by atoms with E-state index >= 15 is 0 Å². The number of hydrogen-bond donors (Lipinski definition) is 1. The SMILES string of the molecule is COc1cccc(NC(=O)CSc2nc3ccsc3c(=O)n2Cc2ccccc2)c1. The number of rotatable bonds is 7. The Morgan fingerprint density at radius 3 is 2.80 bits per heavy atom. The fourth-order valence-electron chi connectivity index (χ4n) is 2.97. The second kappa shape index (κ2) is 9.15. The maximum absolute atomic E-state index is 13.0. The van der Waals surface area contributed by atoms with Crippen LogP contribution in [0.15, 0.2) is 76.0 Å². The number of carbonyl (C=O) groups excluding carboxylic acids is 1. The standard InChI is InChI=1S/C22H19N3O3S2/c1-28-17-9-5-8-16(12-17)23-19(26)14-30-22-24-18-10-11-29-20(18)21(27)25(22)13-15-6-3-2-4-7-15/h2-12H,13-14H2,1H3,(H,23,26). The predicted molar refractivity (Wildman–Crippen MR) is 122 cm³/mol. The third-order valence-electron chi connectivity index (χ3n) is 4.40. The number of thioether (sulfide) groups is 1. The second-order valence-corrected chi connectivity index (χ2v) is 8.33. The van der Waals surface area contributed by atoms with E-state index in [-0.39, 0.29) is 17.2 Å². The summed E-state index contributed by atoms with van der Waals surface area (Å²) in [6.07, 6.45) is 0. The molecule has 0 unspecified atom stereocenters. The average Bonchev–Trinajstić information content (AvgIpc) is 3.24. The van der Waals surface area contributed by atoms with Crippen LogP contribution in [0, 0.1) is 0 Å². The first-order valence-electron chi connectivity index (χ1n) is 9.23. The van der Waals surface area contributed by atoms with E-state index in [1.165, 1.54) is 23.1 Å². The van der Waals surface area contributed by atoms with Crippen LogP contribution in [-0.2, 0) is 11.3 Å². The summed E-state index contributed by atoms with van der Waals surface area (Å²) in [6, 6.07) is 18.7. The first kappa shape index (κ1) is 20.2. The molecular weight excluding hydrogens is 418 g/mol. The van der Waals surface area contributed by atoms with Gasteiger partial charge >= 0.3 is 0 Å². The fourth-order valence-corrected chi connectivity index (χ4v) is 4.54. The van der Waals surface area contributed by atoms with Gasteiger partial charge in [0.15, 0.2) is 5.16 Å². The van der Waals surface area contributed by atoms with Gasteiger partial charge in [0.25, 0.3) is 5.56 Å². The van der Waals surface area contributed by atoms with E-state index < -0.39 is 0 Å². The van der Waals surface area contributed by atoms with Crippen LogP contribution >= 0.6 is 23.1 Å². The molecular formula is C22H19N3O3S2. The summed E-state index contributed by atoms with van der Waals surface area (Å²) in [5.41, 5.74) is 2.22. The van der Waals surface area contributed by atoms with Crippen LogP contribution in [0.25, 0.3) is 10.2 Å². The lowest BCUT2D eigenvalue weighted by Gasteiger charge is -2.12. The molecule has 152 valence electrons. The van der Waals surface area contributed by atoms with Crippen molar-refractivity contribution in [1.82, 2.24) is 9.55 Å². The molecule has 2 aromatic heterocycles. The first-order chi connectivity index (χ1) is 14.6. The van der Waals surface area contributed by atoms with E-state index in [0.717, 1.165) is 5.56 Å². The van der Waals surface area contributed by atoms with Gasteiger partial charge in [-0.3, -0.25) is 14.2 Å². The van der Waals surface area contributed by atoms with E-state index in [9.17, 15) is 9.59 Å². The maximum Gasteiger partial charge on any atom is 0.272 e. The molecule has 1 N–H and O–H groups in total. The summed E-state index contributed by atoms with van der Waals surface area (Å²) in [5, 5.41) is 5.23. The van der Waals surface area contributed by atoms with Gasteiger partial charge in [-0.2, -0.15) is 0 Å². The van der Waals surface area contributed by atoms with Gasteiger partial charge in [0, 0.05) is 11.8 Å². The van der Waals surface area contributed by atoms with E-state index in [4.69, 9.17) is 4.74 Å². The van der Waals surface area contributed by atoms with E-state index in [1.807, 2.05) is 53.9 Å². The van der Waals surface area contributed by atoms with Crippen molar-refractivity contribution < 1.29 is 9.53 Å². The number of benzene rings is 2. The minimum absolute atomic E-state index is 0.0884. The summed E-state index contributed by atoms with van der Waals surface area (Å²) in [4.78, 5) is 30.1. The van der Waals surface area contributed by atoms with Gasteiger partial charge in [0.05, 0.1) is 24.9 Å². The van der Waals surface area contributed by atoms with Crippen molar-refractivity contribution >= 4 is 44.9 Å². The highest BCUT2D eigenvalue weighted by Crippen LogP contribution is 2.22. The van der Waals surface area contributed by atoms with Crippen molar-refractivity contribution in [2.75, 3.05) is 18.2 Å². The van der Waals surface area contributed by atoms with Crippen LogP contribution in [0.1, 0.15) is 5.56 Å². The van der Waals surface area contributed by atoms with Gasteiger partial charge in [0.2, 0.25) is 5.91 Å². The molecule has 2 heterocycles. The van der Waals surface area contributed by atoms with Crippen molar-refractivity contribution in [3.63, 3.8) is 0 Å². The summed E-state index contributed by atoms with van der Waals surface area (Å²) in [6.45, 7) is 0.403. The molecule has 0 saturated heterocycles. The van der Waals surface area contributed by atoms with Crippen LogP contribution in [0.4, 0.5) is 5.69 Å². The molecule has 4 rings (SSSR count). The molecule has 0 fully saturated rings. The highest BCUT2D eigenvalue weighted by atomic mass is 32.2. The van der Waals surface area contributed by atoms with Crippen molar-refractivity contribution in [3.8, 4) is 5.75 Å². The highest BCUT2D eigenvalue weighted by molar-refractivity contribution is 7.99. The zero-order valence-electron chi connectivity index (χ0n) is 16.2. The molecule has 0 radical (unpaired) electrons. The van der Waals surface area contributed by atoms with E-state index in [2.05, 4.69) is 10.3 Å². The van der Waals surface area contributed by atoms with Gasteiger partial charge in [-0.15, -0.1) is 11.3 Å².